The first-order valence-corrected chi connectivity index (χ1v) is 14.0. The highest BCUT2D eigenvalue weighted by Crippen LogP contribution is 2.62. The molecule has 0 heterocycles. The van der Waals surface area contributed by atoms with Crippen molar-refractivity contribution < 1.29 is 15.0 Å². The number of ketones is 1. The van der Waals surface area contributed by atoms with Gasteiger partial charge in [0.05, 0.1) is 12.0 Å². The van der Waals surface area contributed by atoms with Crippen molar-refractivity contribution in [2.45, 2.75) is 135 Å². The van der Waals surface area contributed by atoms with Crippen molar-refractivity contribution in [1.29, 1.82) is 0 Å². The van der Waals surface area contributed by atoms with E-state index in [0.717, 1.165) is 44.9 Å². The van der Waals surface area contributed by atoms with Gasteiger partial charge < -0.3 is 10.2 Å². The van der Waals surface area contributed by atoms with Crippen molar-refractivity contribution in [2.75, 3.05) is 0 Å². The molecule has 32 heavy (non-hydrogen) atoms. The summed E-state index contributed by atoms with van der Waals surface area (Å²) in [4.78, 5) is 13.5. The summed E-state index contributed by atoms with van der Waals surface area (Å²) in [7, 11) is 0. The average molecular weight is 445 g/mol. The lowest BCUT2D eigenvalue weighted by Crippen LogP contribution is -2.64. The van der Waals surface area contributed by atoms with Gasteiger partial charge in [-0.25, -0.2) is 0 Å². The summed E-state index contributed by atoms with van der Waals surface area (Å²) in [6, 6.07) is 0. The van der Waals surface area contributed by atoms with Crippen LogP contribution in [0.5, 0.6) is 0 Å². The molecule has 0 aromatic heterocycles. The van der Waals surface area contributed by atoms with E-state index in [1.54, 1.807) is 0 Å². The van der Waals surface area contributed by atoms with Gasteiger partial charge in [-0.15, -0.1) is 0 Å². The molecule has 0 aliphatic heterocycles. The Morgan fingerprint density at radius 1 is 0.969 bits per heavy atom. The van der Waals surface area contributed by atoms with Crippen LogP contribution in [0.15, 0.2) is 0 Å². The fourth-order valence-corrected chi connectivity index (χ4v) is 7.01. The van der Waals surface area contributed by atoms with Gasteiger partial charge in [0.15, 0.2) is 0 Å². The Kier molecular flexibility index (Phi) is 10.1. The lowest BCUT2D eigenvalue weighted by Gasteiger charge is -2.60. The Morgan fingerprint density at radius 3 is 2.34 bits per heavy atom. The third kappa shape index (κ3) is 5.79. The summed E-state index contributed by atoms with van der Waals surface area (Å²) in [6.45, 7) is 4.44. The second-order valence-corrected chi connectivity index (χ2v) is 11.1. The number of Topliss-reactive ketones (excluding diaryl/α,β-unsaturated/α-hetero) is 1. The maximum atomic E-state index is 13.5. The molecule has 3 heteroatoms. The van der Waals surface area contributed by atoms with Gasteiger partial charge in [-0.1, -0.05) is 96.3 Å². The molecule has 0 radical (unpaired) electrons. The topological polar surface area (TPSA) is 57.5 Å². The van der Waals surface area contributed by atoms with Gasteiger partial charge in [-0.3, -0.25) is 4.79 Å². The second kappa shape index (κ2) is 12.6. The third-order valence-electron chi connectivity index (χ3n) is 8.93. The van der Waals surface area contributed by atoms with Gasteiger partial charge in [0.25, 0.3) is 0 Å². The van der Waals surface area contributed by atoms with Crippen LogP contribution in [-0.2, 0) is 4.79 Å². The van der Waals surface area contributed by atoms with E-state index in [0.29, 0.717) is 12.2 Å². The molecule has 0 bridgehead atoms. The molecule has 3 nitrogen and oxygen atoms in total. The van der Waals surface area contributed by atoms with Crippen LogP contribution in [0, 0.1) is 40.9 Å². The minimum Gasteiger partial charge on any atom is -0.392 e. The lowest BCUT2D eigenvalue weighted by molar-refractivity contribution is -0.177. The number of unbranched alkanes of at least 4 members (excludes halogenated alkanes) is 6. The number of carbonyl (C=O) groups excluding carboxylic acids is 1. The molecule has 0 spiro atoms. The van der Waals surface area contributed by atoms with Crippen LogP contribution >= 0.6 is 0 Å². The highest BCUT2D eigenvalue weighted by atomic mass is 16.3. The maximum Gasteiger partial charge on any atom is 0.142 e. The Balaban J connectivity index is 1.74. The van der Waals surface area contributed by atoms with Crippen LogP contribution in [0.1, 0.15) is 123 Å². The molecule has 3 saturated carbocycles. The molecule has 182 valence electrons. The second-order valence-electron chi connectivity index (χ2n) is 11.1. The van der Waals surface area contributed by atoms with Crippen LogP contribution in [0.4, 0.5) is 0 Å². The SMILES string of the molecule is CCCCCCC1C(=O)[C@@]2(CCCCCC)CC[C@@H](O)[C@H](C#C[C@@H](O)C3CCCCC3)[C@@H]12. The molecule has 3 rings (SSSR count). The monoisotopic (exact) mass is 444 g/mol. The van der Waals surface area contributed by atoms with Gasteiger partial charge in [0.2, 0.25) is 0 Å². The van der Waals surface area contributed by atoms with E-state index in [2.05, 4.69) is 25.7 Å². The van der Waals surface area contributed by atoms with Crippen LogP contribution < -0.4 is 0 Å². The smallest absolute Gasteiger partial charge is 0.142 e. The molecule has 3 aliphatic carbocycles. The molecule has 2 N–H and O–H groups in total. The Hall–Kier alpha value is -0.850. The van der Waals surface area contributed by atoms with Crippen LogP contribution in [0.3, 0.4) is 0 Å². The average Bonchev–Trinajstić information content (AvgIpc) is 2.82. The number of hydrogen-bond acceptors (Lipinski definition) is 3. The Bertz CT molecular complexity index is 641. The number of hydrogen-bond donors (Lipinski definition) is 2. The van der Waals surface area contributed by atoms with Crippen LogP contribution in [0.25, 0.3) is 0 Å². The van der Waals surface area contributed by atoms with Gasteiger partial charge in [-0.05, 0) is 50.4 Å². The minimum absolute atomic E-state index is 0.0686. The fraction of sp³-hybridized carbons (Fsp3) is 0.897. The van der Waals surface area contributed by atoms with E-state index < -0.39 is 12.2 Å². The number of carbonyl (C=O) groups is 1. The number of aliphatic hydroxyl groups is 2. The summed E-state index contributed by atoms with van der Waals surface area (Å²) in [6.07, 6.45) is 17.6. The van der Waals surface area contributed by atoms with Gasteiger partial charge in [0.1, 0.15) is 11.9 Å². The van der Waals surface area contributed by atoms with Crippen LogP contribution in [0.2, 0.25) is 0 Å². The van der Waals surface area contributed by atoms with Crippen molar-refractivity contribution >= 4 is 5.78 Å². The highest BCUT2D eigenvalue weighted by molar-refractivity contribution is 5.94. The van der Waals surface area contributed by atoms with Crippen molar-refractivity contribution in [2.24, 2.45) is 29.1 Å². The number of rotatable bonds is 11. The lowest BCUT2D eigenvalue weighted by atomic mass is 9.42. The van der Waals surface area contributed by atoms with E-state index in [1.807, 2.05) is 0 Å². The van der Waals surface area contributed by atoms with Crippen LogP contribution in [-0.4, -0.2) is 28.2 Å². The summed E-state index contributed by atoms with van der Waals surface area (Å²) < 4.78 is 0. The summed E-state index contributed by atoms with van der Waals surface area (Å²) in [5.41, 5.74) is -0.252. The first-order chi connectivity index (χ1) is 15.5. The first-order valence-electron chi connectivity index (χ1n) is 14.0. The van der Waals surface area contributed by atoms with E-state index in [9.17, 15) is 15.0 Å². The molecule has 3 fully saturated rings. The third-order valence-corrected chi connectivity index (χ3v) is 8.93. The molecular weight excluding hydrogens is 396 g/mol. The van der Waals surface area contributed by atoms with E-state index in [-0.39, 0.29) is 29.1 Å². The predicted molar refractivity (Wildman–Crippen MR) is 131 cm³/mol. The number of fused-ring (bicyclic) bond motifs is 1. The van der Waals surface area contributed by atoms with Crippen molar-refractivity contribution in [3.05, 3.63) is 0 Å². The molecule has 0 aromatic rings. The Labute approximate surface area is 197 Å². The highest BCUT2D eigenvalue weighted by Gasteiger charge is 2.65. The zero-order valence-electron chi connectivity index (χ0n) is 20.8. The molecule has 0 amide bonds. The molecular formula is C29H48O3. The summed E-state index contributed by atoms with van der Waals surface area (Å²) in [5, 5.41) is 21.7. The standard InChI is InChI=1S/C29H48O3/c1-3-5-7-12-16-24-27-23(17-18-25(30)22-14-10-9-11-15-22)26(31)19-21-29(27,28(24)32)20-13-8-6-4-2/h22-27,30-31H,3-16,19-21H2,1-2H3/t23-,24?,25+,26+,27-,29-/m0/s1. The molecule has 0 saturated heterocycles. The van der Waals surface area contributed by atoms with Crippen molar-refractivity contribution in [3.63, 3.8) is 0 Å². The fourth-order valence-electron chi connectivity index (χ4n) is 7.01. The summed E-state index contributed by atoms with van der Waals surface area (Å²) in [5.74, 6) is 7.41. The normalized spacial score (nSPS) is 33.7. The minimum atomic E-state index is -0.581. The molecule has 1 unspecified atom stereocenters. The predicted octanol–water partition coefficient (Wildman–Crippen LogP) is 6.44. The van der Waals surface area contributed by atoms with E-state index >= 15 is 0 Å². The molecule has 3 aliphatic rings. The number of aliphatic hydroxyl groups excluding tert-OH is 2. The van der Waals surface area contributed by atoms with Gasteiger partial charge in [0, 0.05) is 11.3 Å². The molecule has 0 aromatic carbocycles. The van der Waals surface area contributed by atoms with E-state index in [1.165, 1.54) is 57.8 Å². The summed E-state index contributed by atoms with van der Waals surface area (Å²) >= 11 is 0. The van der Waals surface area contributed by atoms with Gasteiger partial charge >= 0.3 is 0 Å². The Morgan fingerprint density at radius 2 is 1.66 bits per heavy atom. The maximum absolute atomic E-state index is 13.5. The van der Waals surface area contributed by atoms with Gasteiger partial charge in [-0.2, -0.15) is 0 Å². The van der Waals surface area contributed by atoms with E-state index in [4.69, 9.17) is 0 Å². The zero-order chi connectivity index (χ0) is 23.0. The van der Waals surface area contributed by atoms with Crippen molar-refractivity contribution in [3.8, 4) is 11.8 Å². The zero-order valence-corrected chi connectivity index (χ0v) is 20.8. The molecule has 6 atom stereocenters. The first kappa shape index (κ1) is 25.8. The largest absolute Gasteiger partial charge is 0.392 e. The quantitative estimate of drug-likeness (QED) is 0.285. The van der Waals surface area contributed by atoms with Crippen molar-refractivity contribution in [1.82, 2.24) is 0 Å².